The Balaban J connectivity index is 1.77. The Labute approximate surface area is 112 Å². The molecule has 1 saturated heterocycles. The lowest BCUT2D eigenvalue weighted by atomic mass is 10.0. The first-order chi connectivity index (χ1) is 9.17. The van der Waals surface area contributed by atoms with Gasteiger partial charge in [0.2, 0.25) is 5.91 Å². The summed E-state index contributed by atoms with van der Waals surface area (Å²) >= 11 is 0. The molecule has 0 bridgehead atoms. The molecule has 5 heteroatoms. The van der Waals surface area contributed by atoms with Gasteiger partial charge in [0.1, 0.15) is 12.4 Å². The second-order valence-corrected chi connectivity index (χ2v) is 4.94. The van der Waals surface area contributed by atoms with Gasteiger partial charge in [-0.3, -0.25) is 9.69 Å². The van der Waals surface area contributed by atoms with Gasteiger partial charge in [-0.05, 0) is 30.5 Å². The van der Waals surface area contributed by atoms with Gasteiger partial charge in [-0.15, -0.1) is 0 Å². The van der Waals surface area contributed by atoms with E-state index < -0.39 is 6.61 Å². The van der Waals surface area contributed by atoms with Crippen LogP contribution in [0.5, 0.6) is 5.75 Å². The highest BCUT2D eigenvalue weighted by Crippen LogP contribution is 2.16. The molecule has 2 rings (SSSR count). The van der Waals surface area contributed by atoms with E-state index in [4.69, 9.17) is 5.11 Å². The van der Waals surface area contributed by atoms with Crippen LogP contribution in [0, 0.1) is 0 Å². The topological polar surface area (TPSA) is 72.8 Å². The molecular weight excluding hydrogens is 244 g/mol. The van der Waals surface area contributed by atoms with Crippen molar-refractivity contribution in [3.05, 3.63) is 29.8 Å². The fourth-order valence-electron chi connectivity index (χ4n) is 2.37. The number of carbonyl (C=O) groups is 1. The Morgan fingerprint density at radius 2 is 1.89 bits per heavy atom. The molecule has 0 radical (unpaired) electrons. The van der Waals surface area contributed by atoms with Gasteiger partial charge in [-0.25, -0.2) is 0 Å². The second-order valence-electron chi connectivity index (χ2n) is 4.94. The molecule has 0 aliphatic carbocycles. The number of aromatic hydroxyl groups is 1. The van der Waals surface area contributed by atoms with Crippen molar-refractivity contribution in [3.63, 3.8) is 0 Å². The lowest BCUT2D eigenvalue weighted by Crippen LogP contribution is -2.45. The fourth-order valence-corrected chi connectivity index (χ4v) is 2.37. The average Bonchev–Trinajstić information content (AvgIpc) is 2.43. The highest BCUT2D eigenvalue weighted by Gasteiger charge is 2.20. The molecule has 1 amide bonds. The minimum Gasteiger partial charge on any atom is -0.508 e. The first-order valence-electron chi connectivity index (χ1n) is 6.58. The van der Waals surface area contributed by atoms with E-state index in [2.05, 4.69) is 10.2 Å². The Hall–Kier alpha value is -1.59. The van der Waals surface area contributed by atoms with Crippen molar-refractivity contribution in [2.75, 3.05) is 19.7 Å². The third kappa shape index (κ3) is 4.22. The number of amides is 1. The number of aliphatic hydroxyl groups is 1. The zero-order valence-electron chi connectivity index (χ0n) is 10.9. The number of rotatable bonds is 4. The maximum absolute atomic E-state index is 11.1. The number of nitrogens with one attached hydrogen (secondary N) is 1. The third-order valence-electron chi connectivity index (χ3n) is 3.44. The van der Waals surface area contributed by atoms with E-state index in [1.807, 2.05) is 12.1 Å². The number of phenolic OH excluding ortho intramolecular Hbond substituents is 1. The van der Waals surface area contributed by atoms with Gasteiger partial charge in [0, 0.05) is 25.7 Å². The Morgan fingerprint density at radius 3 is 2.47 bits per heavy atom. The maximum atomic E-state index is 11.1. The molecule has 0 aromatic heterocycles. The van der Waals surface area contributed by atoms with Gasteiger partial charge >= 0.3 is 0 Å². The van der Waals surface area contributed by atoms with Crippen molar-refractivity contribution in [2.24, 2.45) is 0 Å². The number of hydrogen-bond acceptors (Lipinski definition) is 4. The first kappa shape index (κ1) is 13.8. The normalized spacial score (nSPS) is 17.3. The summed E-state index contributed by atoms with van der Waals surface area (Å²) in [7, 11) is 0. The molecule has 1 aliphatic rings. The molecule has 1 aromatic rings. The summed E-state index contributed by atoms with van der Waals surface area (Å²) in [4.78, 5) is 13.4. The van der Waals surface area contributed by atoms with Gasteiger partial charge in [0.15, 0.2) is 0 Å². The van der Waals surface area contributed by atoms with E-state index in [0.717, 1.165) is 32.5 Å². The lowest BCUT2D eigenvalue weighted by molar-refractivity contribution is -0.124. The Bertz CT molecular complexity index is 411. The highest BCUT2D eigenvalue weighted by molar-refractivity contribution is 5.77. The van der Waals surface area contributed by atoms with Crippen LogP contribution < -0.4 is 5.32 Å². The zero-order chi connectivity index (χ0) is 13.7. The van der Waals surface area contributed by atoms with Gasteiger partial charge in [0.05, 0.1) is 0 Å². The SMILES string of the molecule is O=C(CO)NC1CCN(Cc2ccc(O)cc2)CC1. The van der Waals surface area contributed by atoms with Crippen LogP contribution in [0.3, 0.4) is 0 Å². The molecule has 1 heterocycles. The van der Waals surface area contributed by atoms with Crippen LogP contribution in [0.4, 0.5) is 0 Å². The summed E-state index contributed by atoms with van der Waals surface area (Å²) in [6, 6.07) is 7.42. The van der Waals surface area contributed by atoms with Crippen molar-refractivity contribution in [3.8, 4) is 5.75 Å². The molecule has 1 fully saturated rings. The van der Waals surface area contributed by atoms with Crippen molar-refractivity contribution < 1.29 is 15.0 Å². The van der Waals surface area contributed by atoms with Crippen LogP contribution in [0.25, 0.3) is 0 Å². The molecule has 0 spiro atoms. The van der Waals surface area contributed by atoms with E-state index in [0.29, 0.717) is 0 Å². The molecule has 104 valence electrons. The Morgan fingerprint density at radius 1 is 1.26 bits per heavy atom. The van der Waals surface area contributed by atoms with Crippen LogP contribution in [-0.4, -0.2) is 46.8 Å². The summed E-state index contributed by atoms with van der Waals surface area (Å²) in [6.45, 7) is 2.28. The van der Waals surface area contributed by atoms with Crippen molar-refractivity contribution in [1.82, 2.24) is 10.2 Å². The minimum absolute atomic E-state index is 0.177. The molecule has 1 aliphatic heterocycles. The third-order valence-corrected chi connectivity index (χ3v) is 3.44. The summed E-state index contributed by atoms with van der Waals surface area (Å²) in [5, 5.41) is 20.7. The quantitative estimate of drug-likeness (QED) is 0.739. The molecule has 19 heavy (non-hydrogen) atoms. The van der Waals surface area contributed by atoms with Crippen LogP contribution >= 0.6 is 0 Å². The summed E-state index contributed by atoms with van der Waals surface area (Å²) in [5.41, 5.74) is 1.18. The average molecular weight is 264 g/mol. The van der Waals surface area contributed by atoms with Crippen molar-refractivity contribution in [2.45, 2.75) is 25.4 Å². The van der Waals surface area contributed by atoms with Crippen LogP contribution in [0.2, 0.25) is 0 Å². The molecular formula is C14H20N2O3. The predicted octanol–water partition coefficient (Wildman–Crippen LogP) is 0.465. The van der Waals surface area contributed by atoms with Gasteiger partial charge in [-0.2, -0.15) is 0 Å². The summed E-state index contributed by atoms with van der Waals surface area (Å²) in [5.74, 6) is -0.00819. The van der Waals surface area contributed by atoms with Crippen molar-refractivity contribution in [1.29, 1.82) is 0 Å². The van der Waals surface area contributed by atoms with E-state index >= 15 is 0 Å². The molecule has 0 atom stereocenters. The van der Waals surface area contributed by atoms with Gasteiger partial charge in [-0.1, -0.05) is 12.1 Å². The van der Waals surface area contributed by atoms with E-state index in [1.54, 1.807) is 12.1 Å². The predicted molar refractivity (Wildman–Crippen MR) is 71.6 cm³/mol. The molecule has 3 N–H and O–H groups in total. The number of carbonyl (C=O) groups excluding carboxylic acids is 1. The van der Waals surface area contributed by atoms with Crippen LogP contribution in [0.1, 0.15) is 18.4 Å². The fraction of sp³-hybridized carbons (Fsp3) is 0.500. The van der Waals surface area contributed by atoms with Gasteiger partial charge in [0.25, 0.3) is 0 Å². The second kappa shape index (κ2) is 6.54. The zero-order valence-corrected chi connectivity index (χ0v) is 10.9. The van der Waals surface area contributed by atoms with E-state index in [-0.39, 0.29) is 17.7 Å². The largest absolute Gasteiger partial charge is 0.508 e. The van der Waals surface area contributed by atoms with Gasteiger partial charge < -0.3 is 15.5 Å². The smallest absolute Gasteiger partial charge is 0.245 e. The standard InChI is InChI=1S/C14H20N2O3/c17-10-14(19)15-12-5-7-16(8-6-12)9-11-1-3-13(18)4-2-11/h1-4,12,17-18H,5-10H2,(H,15,19). The monoisotopic (exact) mass is 264 g/mol. The maximum Gasteiger partial charge on any atom is 0.245 e. The van der Waals surface area contributed by atoms with E-state index in [9.17, 15) is 9.90 Å². The molecule has 1 aromatic carbocycles. The van der Waals surface area contributed by atoms with Crippen LogP contribution in [-0.2, 0) is 11.3 Å². The minimum atomic E-state index is -0.437. The molecule has 0 unspecified atom stereocenters. The number of phenols is 1. The number of hydrogen-bond donors (Lipinski definition) is 3. The van der Waals surface area contributed by atoms with Crippen LogP contribution in [0.15, 0.2) is 24.3 Å². The summed E-state index contributed by atoms with van der Waals surface area (Å²) in [6.07, 6.45) is 1.81. The molecule has 5 nitrogen and oxygen atoms in total. The highest BCUT2D eigenvalue weighted by atomic mass is 16.3. The number of piperidine rings is 1. The number of benzene rings is 1. The molecule has 0 saturated carbocycles. The lowest BCUT2D eigenvalue weighted by Gasteiger charge is -2.32. The van der Waals surface area contributed by atoms with Crippen molar-refractivity contribution >= 4 is 5.91 Å². The first-order valence-corrected chi connectivity index (χ1v) is 6.58. The van der Waals surface area contributed by atoms with E-state index in [1.165, 1.54) is 5.56 Å². The number of aliphatic hydroxyl groups excluding tert-OH is 1. The number of likely N-dealkylation sites (tertiary alicyclic amines) is 1. The summed E-state index contributed by atoms with van der Waals surface area (Å²) < 4.78 is 0. The Kier molecular flexibility index (Phi) is 4.76. The number of nitrogens with zero attached hydrogens (tertiary/aromatic N) is 1.